The molecule has 2 N–H and O–H groups in total. The Labute approximate surface area is 189 Å². The van der Waals surface area contributed by atoms with Crippen LogP contribution in [0.2, 0.25) is 0 Å². The highest BCUT2D eigenvalue weighted by molar-refractivity contribution is 7.11. The second-order valence-corrected chi connectivity index (χ2v) is 7.93. The van der Waals surface area contributed by atoms with Crippen molar-refractivity contribution in [2.75, 3.05) is 22.1 Å². The summed E-state index contributed by atoms with van der Waals surface area (Å²) in [6.07, 6.45) is 0. The third-order valence-corrected chi connectivity index (χ3v) is 5.62. The Morgan fingerprint density at radius 1 is 0.969 bits per heavy atom. The van der Waals surface area contributed by atoms with Gasteiger partial charge in [0.2, 0.25) is 5.91 Å². The normalized spacial score (nSPS) is 13.5. The van der Waals surface area contributed by atoms with Gasteiger partial charge in [0.1, 0.15) is 11.4 Å². The number of hydrogen-bond donors (Lipinski definition) is 2. The fraction of sp³-hybridized carbons (Fsp3) is 0.125. The maximum Gasteiger partial charge on any atom is 0.282 e. The molecule has 8 heteroatoms. The van der Waals surface area contributed by atoms with Crippen molar-refractivity contribution in [3.63, 3.8) is 0 Å². The summed E-state index contributed by atoms with van der Waals surface area (Å²) in [5.41, 5.74) is 2.21. The molecule has 0 radical (unpaired) electrons. The molecule has 3 amide bonds. The Bertz CT molecular complexity index is 1180. The fourth-order valence-corrected chi connectivity index (χ4v) is 4.14. The molecule has 0 bridgehead atoms. The van der Waals surface area contributed by atoms with Crippen LogP contribution in [0.3, 0.4) is 0 Å². The third-order valence-electron chi connectivity index (χ3n) is 4.73. The van der Waals surface area contributed by atoms with E-state index in [0.29, 0.717) is 34.1 Å². The zero-order chi connectivity index (χ0) is 22.7. The van der Waals surface area contributed by atoms with Crippen molar-refractivity contribution in [1.29, 1.82) is 0 Å². The largest absolute Gasteiger partial charge is 0.494 e. The number of hydrogen-bond acceptors (Lipinski definition) is 6. The summed E-state index contributed by atoms with van der Waals surface area (Å²) in [5.74, 6) is -0.326. The Morgan fingerprint density at radius 3 is 2.25 bits per heavy atom. The lowest BCUT2D eigenvalue weighted by Gasteiger charge is -2.16. The summed E-state index contributed by atoms with van der Waals surface area (Å²) >= 11 is 1.39. The molecule has 32 heavy (non-hydrogen) atoms. The van der Waals surface area contributed by atoms with E-state index in [-0.39, 0.29) is 11.6 Å². The van der Waals surface area contributed by atoms with Crippen LogP contribution in [0.5, 0.6) is 5.75 Å². The van der Waals surface area contributed by atoms with Gasteiger partial charge in [0.15, 0.2) is 0 Å². The SMILES string of the molecule is CCOc1ccc(NC2=C(c3cccs3)C(=O)N(c3ccc(NC(C)=O)cc3)C2=O)cc1. The molecule has 0 aliphatic carbocycles. The van der Waals surface area contributed by atoms with Crippen LogP contribution in [0.4, 0.5) is 17.1 Å². The number of imide groups is 1. The Morgan fingerprint density at radius 2 is 1.66 bits per heavy atom. The van der Waals surface area contributed by atoms with E-state index in [1.165, 1.54) is 18.3 Å². The second kappa shape index (κ2) is 9.07. The van der Waals surface area contributed by atoms with Crippen molar-refractivity contribution >= 4 is 51.7 Å². The molecule has 0 spiro atoms. The first-order valence-electron chi connectivity index (χ1n) is 10.0. The topological polar surface area (TPSA) is 87.7 Å². The van der Waals surface area contributed by atoms with E-state index in [1.54, 1.807) is 48.5 Å². The van der Waals surface area contributed by atoms with Gasteiger partial charge in [0.05, 0.1) is 17.9 Å². The van der Waals surface area contributed by atoms with Crippen LogP contribution in [0.1, 0.15) is 18.7 Å². The van der Waals surface area contributed by atoms with Gasteiger partial charge in [-0.25, -0.2) is 4.90 Å². The van der Waals surface area contributed by atoms with Gasteiger partial charge in [0.25, 0.3) is 11.8 Å². The minimum Gasteiger partial charge on any atom is -0.494 e. The molecule has 1 aliphatic heterocycles. The predicted octanol–water partition coefficient (Wildman–Crippen LogP) is 4.50. The number of nitrogens with one attached hydrogen (secondary N) is 2. The molecule has 162 valence electrons. The predicted molar refractivity (Wildman–Crippen MR) is 126 cm³/mol. The quantitative estimate of drug-likeness (QED) is 0.521. The number of amides is 3. The van der Waals surface area contributed by atoms with Crippen LogP contribution in [-0.4, -0.2) is 24.3 Å². The number of rotatable bonds is 7. The molecule has 0 saturated carbocycles. The van der Waals surface area contributed by atoms with Crippen LogP contribution in [-0.2, 0) is 14.4 Å². The van der Waals surface area contributed by atoms with Gasteiger partial charge >= 0.3 is 0 Å². The molecule has 3 aromatic rings. The van der Waals surface area contributed by atoms with Gasteiger partial charge in [0, 0.05) is 23.2 Å². The van der Waals surface area contributed by atoms with E-state index in [0.717, 1.165) is 10.6 Å². The first-order chi connectivity index (χ1) is 15.5. The van der Waals surface area contributed by atoms with Crippen molar-refractivity contribution < 1.29 is 19.1 Å². The maximum atomic E-state index is 13.4. The number of thiophene rings is 1. The number of ether oxygens (including phenoxy) is 1. The van der Waals surface area contributed by atoms with Crippen LogP contribution in [0.15, 0.2) is 71.7 Å². The van der Waals surface area contributed by atoms with Crippen molar-refractivity contribution in [3.8, 4) is 5.75 Å². The number of nitrogens with zero attached hydrogens (tertiary/aromatic N) is 1. The van der Waals surface area contributed by atoms with E-state index in [1.807, 2.05) is 24.4 Å². The fourth-order valence-electron chi connectivity index (χ4n) is 3.37. The number of benzene rings is 2. The molecule has 1 aromatic heterocycles. The second-order valence-electron chi connectivity index (χ2n) is 6.98. The number of carbonyl (C=O) groups excluding carboxylic acids is 3. The zero-order valence-electron chi connectivity index (χ0n) is 17.5. The lowest BCUT2D eigenvalue weighted by atomic mass is 10.2. The van der Waals surface area contributed by atoms with Crippen LogP contribution < -0.4 is 20.3 Å². The van der Waals surface area contributed by atoms with Gasteiger partial charge in [-0.2, -0.15) is 0 Å². The molecular weight excluding hydrogens is 426 g/mol. The first kappa shape index (κ1) is 21.3. The molecule has 1 aliphatic rings. The highest BCUT2D eigenvalue weighted by Crippen LogP contribution is 2.36. The van der Waals surface area contributed by atoms with E-state index in [9.17, 15) is 14.4 Å². The summed E-state index contributed by atoms with van der Waals surface area (Å²) in [4.78, 5) is 39.8. The van der Waals surface area contributed by atoms with Gasteiger partial charge in [-0.1, -0.05) is 6.07 Å². The van der Waals surface area contributed by atoms with E-state index in [2.05, 4.69) is 10.6 Å². The minimum absolute atomic E-state index is 0.199. The third kappa shape index (κ3) is 4.26. The summed E-state index contributed by atoms with van der Waals surface area (Å²) < 4.78 is 5.46. The highest BCUT2D eigenvalue weighted by Gasteiger charge is 2.40. The molecular formula is C24H21N3O4S. The minimum atomic E-state index is -0.445. The molecule has 2 aromatic carbocycles. The Balaban J connectivity index is 1.67. The molecule has 4 rings (SSSR count). The number of anilines is 3. The van der Waals surface area contributed by atoms with Crippen molar-refractivity contribution in [1.82, 2.24) is 0 Å². The smallest absolute Gasteiger partial charge is 0.282 e. The zero-order valence-corrected chi connectivity index (χ0v) is 18.4. The Kier molecular flexibility index (Phi) is 6.04. The summed E-state index contributed by atoms with van der Waals surface area (Å²) in [6, 6.07) is 17.4. The van der Waals surface area contributed by atoms with E-state index < -0.39 is 11.8 Å². The monoisotopic (exact) mass is 447 g/mol. The average molecular weight is 448 g/mol. The van der Waals surface area contributed by atoms with Gasteiger partial charge in [-0.05, 0) is 66.9 Å². The average Bonchev–Trinajstić information content (AvgIpc) is 3.37. The first-order valence-corrected chi connectivity index (χ1v) is 10.9. The van der Waals surface area contributed by atoms with Crippen molar-refractivity contribution in [2.45, 2.75) is 13.8 Å². The van der Waals surface area contributed by atoms with Crippen molar-refractivity contribution in [2.24, 2.45) is 0 Å². The summed E-state index contributed by atoms with van der Waals surface area (Å²) in [7, 11) is 0. The molecule has 0 unspecified atom stereocenters. The van der Waals surface area contributed by atoms with Crippen LogP contribution >= 0.6 is 11.3 Å². The van der Waals surface area contributed by atoms with Gasteiger partial charge < -0.3 is 15.4 Å². The van der Waals surface area contributed by atoms with Gasteiger partial charge in [-0.15, -0.1) is 11.3 Å². The molecule has 0 fully saturated rings. The molecule has 0 saturated heterocycles. The van der Waals surface area contributed by atoms with Gasteiger partial charge in [-0.3, -0.25) is 14.4 Å². The van der Waals surface area contributed by atoms with E-state index >= 15 is 0 Å². The van der Waals surface area contributed by atoms with Crippen LogP contribution in [0, 0.1) is 0 Å². The summed E-state index contributed by atoms with van der Waals surface area (Å²) in [5, 5.41) is 7.66. The standard InChI is InChI=1S/C24H21N3O4S/c1-3-31-19-12-8-17(9-13-19)26-22-21(20-5-4-14-32-20)23(29)27(24(22)30)18-10-6-16(7-11-18)25-15(2)28/h4-14,26H,3H2,1-2H3,(H,25,28). The van der Waals surface area contributed by atoms with Crippen LogP contribution in [0.25, 0.3) is 5.57 Å². The molecule has 2 heterocycles. The van der Waals surface area contributed by atoms with Crippen molar-refractivity contribution in [3.05, 3.63) is 76.6 Å². The molecule has 7 nitrogen and oxygen atoms in total. The lowest BCUT2D eigenvalue weighted by Crippen LogP contribution is -2.32. The lowest BCUT2D eigenvalue weighted by molar-refractivity contribution is -0.120. The Hall–Kier alpha value is -3.91. The summed E-state index contributed by atoms with van der Waals surface area (Å²) in [6.45, 7) is 3.88. The number of carbonyl (C=O) groups is 3. The maximum absolute atomic E-state index is 13.4. The molecule has 0 atom stereocenters. The van der Waals surface area contributed by atoms with E-state index in [4.69, 9.17) is 4.74 Å². The highest BCUT2D eigenvalue weighted by atomic mass is 32.1.